The van der Waals surface area contributed by atoms with Crippen LogP contribution in [0.25, 0.3) is 66.1 Å². The van der Waals surface area contributed by atoms with Gasteiger partial charge < -0.3 is 14.1 Å². The van der Waals surface area contributed by atoms with Crippen LogP contribution >= 0.6 is 0 Å². The van der Waals surface area contributed by atoms with Gasteiger partial charge in [0.1, 0.15) is 22.7 Å². The van der Waals surface area contributed by atoms with Gasteiger partial charge in [0.05, 0.1) is 5.41 Å². The Kier molecular flexibility index (Phi) is 7.52. The second kappa shape index (κ2) is 13.4. The molecule has 0 amide bonds. The van der Waals surface area contributed by atoms with E-state index in [4.69, 9.17) is 9.15 Å². The SMILES string of the molecule is c1ccc(-c2cccc(N(c3ccc(-c4cccc5c4-c4ccccc4C54c5ccccc5Oc5ccccc54)cc3)c3ccc4oc5c6ccccc6ccc5c4c3)c2)cc1. The molecule has 1 aromatic heterocycles. The number of furan rings is 1. The van der Waals surface area contributed by atoms with Crippen LogP contribution in [0.4, 0.5) is 17.1 Å². The summed E-state index contributed by atoms with van der Waals surface area (Å²) < 4.78 is 13.2. The molecule has 0 saturated carbocycles. The Hall–Kier alpha value is -8.14. The summed E-state index contributed by atoms with van der Waals surface area (Å²) in [4.78, 5) is 2.37. The van der Waals surface area contributed by atoms with Gasteiger partial charge in [-0.15, -0.1) is 0 Å². The second-order valence-electron chi connectivity index (χ2n) is 16.4. The molecule has 13 rings (SSSR count). The summed E-state index contributed by atoms with van der Waals surface area (Å²) in [6, 6.07) is 80.8. The minimum atomic E-state index is -0.518. The van der Waals surface area contributed by atoms with E-state index in [1.54, 1.807) is 0 Å². The average molecular weight is 792 g/mol. The molecule has 0 atom stereocenters. The molecule has 2 aliphatic rings. The van der Waals surface area contributed by atoms with Crippen molar-refractivity contribution in [3.8, 4) is 44.9 Å². The molecule has 0 saturated heterocycles. The van der Waals surface area contributed by atoms with Gasteiger partial charge in [-0.25, -0.2) is 0 Å². The van der Waals surface area contributed by atoms with Gasteiger partial charge in [0.15, 0.2) is 0 Å². The maximum atomic E-state index is 6.60. The van der Waals surface area contributed by atoms with Crippen molar-refractivity contribution in [2.75, 3.05) is 4.90 Å². The van der Waals surface area contributed by atoms with Crippen LogP contribution in [0.15, 0.2) is 229 Å². The fourth-order valence-electron chi connectivity index (χ4n) is 10.5. The Morgan fingerprint density at radius 3 is 1.81 bits per heavy atom. The van der Waals surface area contributed by atoms with Crippen molar-refractivity contribution in [1.29, 1.82) is 0 Å². The molecule has 2 heterocycles. The van der Waals surface area contributed by atoms with E-state index in [1.807, 2.05) is 0 Å². The first-order valence-electron chi connectivity index (χ1n) is 21.2. The molecular formula is C59H37NO2. The van der Waals surface area contributed by atoms with E-state index >= 15 is 0 Å². The van der Waals surface area contributed by atoms with Gasteiger partial charge in [-0.3, -0.25) is 0 Å². The highest BCUT2D eigenvalue weighted by atomic mass is 16.5. The summed E-state index contributed by atoms with van der Waals surface area (Å²) >= 11 is 0. The van der Waals surface area contributed by atoms with Gasteiger partial charge >= 0.3 is 0 Å². The molecule has 11 aromatic rings. The summed E-state index contributed by atoms with van der Waals surface area (Å²) in [5.74, 6) is 1.80. The molecule has 0 fully saturated rings. The van der Waals surface area contributed by atoms with Gasteiger partial charge in [0.2, 0.25) is 0 Å². The van der Waals surface area contributed by atoms with E-state index < -0.39 is 5.41 Å². The minimum absolute atomic E-state index is 0.518. The summed E-state index contributed by atoms with van der Waals surface area (Å²) in [6.45, 7) is 0. The van der Waals surface area contributed by atoms with Gasteiger partial charge in [-0.2, -0.15) is 0 Å². The number of hydrogen-bond acceptors (Lipinski definition) is 3. The molecule has 3 heteroatoms. The summed E-state index contributed by atoms with van der Waals surface area (Å²) in [5.41, 5.74) is 16.6. The van der Waals surface area contributed by atoms with Crippen molar-refractivity contribution in [2.24, 2.45) is 0 Å². The predicted molar refractivity (Wildman–Crippen MR) is 254 cm³/mol. The summed E-state index contributed by atoms with van der Waals surface area (Å²) in [6.07, 6.45) is 0. The Morgan fingerprint density at radius 2 is 0.984 bits per heavy atom. The van der Waals surface area contributed by atoms with Gasteiger partial charge in [0.25, 0.3) is 0 Å². The third-order valence-electron chi connectivity index (χ3n) is 13.1. The number of fused-ring (bicyclic) bond motifs is 14. The highest BCUT2D eigenvalue weighted by Gasteiger charge is 2.51. The number of nitrogens with zero attached hydrogens (tertiary/aromatic N) is 1. The van der Waals surface area contributed by atoms with Crippen LogP contribution in [0.3, 0.4) is 0 Å². The molecular weight excluding hydrogens is 755 g/mol. The number of para-hydroxylation sites is 2. The maximum absolute atomic E-state index is 6.60. The smallest absolute Gasteiger partial charge is 0.143 e. The molecule has 1 aliphatic heterocycles. The van der Waals surface area contributed by atoms with Crippen molar-refractivity contribution < 1.29 is 9.15 Å². The van der Waals surface area contributed by atoms with Crippen LogP contribution in [0.1, 0.15) is 22.3 Å². The average Bonchev–Trinajstić information content (AvgIpc) is 3.86. The third kappa shape index (κ3) is 5.00. The molecule has 0 bridgehead atoms. The lowest BCUT2D eigenvalue weighted by Gasteiger charge is -2.39. The Balaban J connectivity index is 0.983. The lowest BCUT2D eigenvalue weighted by molar-refractivity contribution is 0.436. The first-order chi connectivity index (χ1) is 30.7. The molecule has 1 aliphatic carbocycles. The van der Waals surface area contributed by atoms with Crippen molar-refractivity contribution >= 4 is 49.8 Å². The quantitative estimate of drug-likeness (QED) is 0.174. The zero-order chi connectivity index (χ0) is 40.8. The third-order valence-corrected chi connectivity index (χ3v) is 13.1. The lowest BCUT2D eigenvalue weighted by atomic mass is 9.66. The van der Waals surface area contributed by atoms with E-state index in [0.29, 0.717) is 0 Å². The van der Waals surface area contributed by atoms with Gasteiger partial charge in [0, 0.05) is 44.3 Å². The van der Waals surface area contributed by atoms with E-state index in [-0.39, 0.29) is 0 Å². The molecule has 0 unspecified atom stereocenters. The summed E-state index contributed by atoms with van der Waals surface area (Å²) in [7, 11) is 0. The molecule has 1 spiro atoms. The largest absolute Gasteiger partial charge is 0.457 e. The molecule has 0 radical (unpaired) electrons. The van der Waals surface area contributed by atoms with Gasteiger partial charge in [-0.05, 0) is 111 Å². The monoisotopic (exact) mass is 791 g/mol. The molecule has 10 aromatic carbocycles. The standard InChI is InChI=1S/C59H37NO2/c1-2-14-38(15-3-1)41-17-12-18-43(36-41)60(44-33-35-54-49(37-44)47-34-30-39-16-4-5-19-46(39)58(47)62-54)42-31-28-40(29-32-42)45-21-13-25-53-57(45)48-20-6-7-22-50(48)59(53)51-23-8-10-26-55(51)61-56-27-11-9-24-52(56)59/h1-37H. The van der Waals surface area contributed by atoms with Crippen molar-refractivity contribution in [1.82, 2.24) is 0 Å². The van der Waals surface area contributed by atoms with Crippen LogP contribution in [0.2, 0.25) is 0 Å². The Labute approximate surface area is 359 Å². The van der Waals surface area contributed by atoms with Crippen LogP contribution in [-0.4, -0.2) is 0 Å². The topological polar surface area (TPSA) is 25.6 Å². The highest BCUT2D eigenvalue weighted by Crippen LogP contribution is 2.63. The summed E-state index contributed by atoms with van der Waals surface area (Å²) in [5, 5.41) is 4.49. The Bertz CT molecular complexity index is 3520. The van der Waals surface area contributed by atoms with E-state index in [1.165, 1.54) is 49.9 Å². The number of anilines is 3. The van der Waals surface area contributed by atoms with Gasteiger partial charge in [-0.1, -0.05) is 164 Å². The molecule has 0 N–H and O–H groups in total. The predicted octanol–water partition coefficient (Wildman–Crippen LogP) is 16.0. The van der Waals surface area contributed by atoms with E-state index in [2.05, 4.69) is 229 Å². The van der Waals surface area contributed by atoms with Crippen LogP contribution in [0.5, 0.6) is 11.5 Å². The fraction of sp³-hybridized carbons (Fsp3) is 0.0169. The van der Waals surface area contributed by atoms with Crippen LogP contribution in [-0.2, 0) is 5.41 Å². The first kappa shape index (κ1) is 34.7. The zero-order valence-corrected chi connectivity index (χ0v) is 33.6. The number of ether oxygens (including phenoxy) is 1. The zero-order valence-electron chi connectivity index (χ0n) is 33.6. The molecule has 62 heavy (non-hydrogen) atoms. The molecule has 290 valence electrons. The van der Waals surface area contributed by atoms with E-state index in [0.717, 1.165) is 67.0 Å². The maximum Gasteiger partial charge on any atom is 0.143 e. The highest BCUT2D eigenvalue weighted by molar-refractivity contribution is 6.15. The van der Waals surface area contributed by atoms with Crippen LogP contribution in [0, 0.1) is 0 Å². The number of rotatable bonds is 5. The van der Waals surface area contributed by atoms with Crippen molar-refractivity contribution in [3.05, 3.63) is 247 Å². The number of benzene rings is 10. The normalized spacial score (nSPS) is 13.1. The first-order valence-corrected chi connectivity index (χ1v) is 21.2. The number of hydrogen-bond donors (Lipinski definition) is 0. The lowest BCUT2D eigenvalue weighted by Crippen LogP contribution is -2.32. The Morgan fingerprint density at radius 1 is 0.355 bits per heavy atom. The molecule has 3 nitrogen and oxygen atoms in total. The van der Waals surface area contributed by atoms with E-state index in [9.17, 15) is 0 Å². The fourth-order valence-corrected chi connectivity index (χ4v) is 10.5. The minimum Gasteiger partial charge on any atom is -0.457 e. The second-order valence-corrected chi connectivity index (χ2v) is 16.4. The van der Waals surface area contributed by atoms with Crippen LogP contribution < -0.4 is 9.64 Å². The van der Waals surface area contributed by atoms with Crippen molar-refractivity contribution in [3.63, 3.8) is 0 Å². The van der Waals surface area contributed by atoms with Crippen molar-refractivity contribution in [2.45, 2.75) is 5.41 Å².